The third kappa shape index (κ3) is 3.81. The average molecular weight is 456 g/mol. The van der Waals surface area contributed by atoms with Crippen molar-refractivity contribution in [2.75, 3.05) is 11.6 Å². The standard InChI is InChI=1S/C21H15Cl2N5O3/c1-10-5-14(6-12-3-4-25-20(29)18(10)12)31-19-15(22)7-13(8-16(19)23)28-21(30)26-11(2)17(9-24)27-28/h5-8H,2-4H2,1H3,(H,25,29)(H,26,30). The number of halogens is 2. The number of anilines is 1. The number of nitrogens with one attached hydrogen (secondary N) is 2. The number of amides is 3. The predicted molar refractivity (Wildman–Crippen MR) is 117 cm³/mol. The summed E-state index contributed by atoms with van der Waals surface area (Å²) in [4.78, 5) is 24.3. The number of benzene rings is 2. The van der Waals surface area contributed by atoms with E-state index in [1.807, 2.05) is 13.0 Å². The molecule has 0 spiro atoms. The molecule has 3 amide bonds. The van der Waals surface area contributed by atoms with Crippen LogP contribution in [0.25, 0.3) is 0 Å². The molecule has 10 heteroatoms. The lowest BCUT2D eigenvalue weighted by atomic mass is 9.95. The predicted octanol–water partition coefficient (Wildman–Crippen LogP) is 4.30. The van der Waals surface area contributed by atoms with Crippen molar-refractivity contribution >= 4 is 46.5 Å². The Kier molecular flexibility index (Phi) is 5.31. The minimum absolute atomic E-state index is 0.0410. The summed E-state index contributed by atoms with van der Waals surface area (Å²) in [7, 11) is 0. The minimum Gasteiger partial charge on any atom is -0.454 e. The number of rotatable bonds is 3. The SMILES string of the molecule is C=C1NC(=O)N(c2cc(Cl)c(Oc3cc(C)c4c(c3)CCNC4=O)c(Cl)c2)N=C1C#N. The topological polar surface area (TPSA) is 107 Å². The highest BCUT2D eigenvalue weighted by Gasteiger charge is 2.26. The Bertz CT molecular complexity index is 1210. The zero-order valence-corrected chi connectivity index (χ0v) is 17.8. The van der Waals surface area contributed by atoms with Gasteiger partial charge in [0.25, 0.3) is 5.91 Å². The maximum atomic E-state index is 12.3. The van der Waals surface area contributed by atoms with Crippen LogP contribution in [0.3, 0.4) is 0 Å². The number of hydrogen-bond donors (Lipinski definition) is 2. The van der Waals surface area contributed by atoms with Crippen LogP contribution < -0.4 is 20.4 Å². The van der Waals surface area contributed by atoms with Crippen molar-refractivity contribution in [1.82, 2.24) is 10.6 Å². The van der Waals surface area contributed by atoms with Crippen LogP contribution in [0.2, 0.25) is 10.0 Å². The number of carbonyl (C=O) groups is 2. The van der Waals surface area contributed by atoms with E-state index in [9.17, 15) is 9.59 Å². The molecule has 2 N–H and O–H groups in total. The number of fused-ring (bicyclic) bond motifs is 1. The summed E-state index contributed by atoms with van der Waals surface area (Å²) in [6.07, 6.45) is 0.689. The molecule has 2 heterocycles. The lowest BCUT2D eigenvalue weighted by Gasteiger charge is -2.24. The zero-order valence-electron chi connectivity index (χ0n) is 16.3. The van der Waals surface area contributed by atoms with E-state index in [2.05, 4.69) is 22.3 Å². The summed E-state index contributed by atoms with van der Waals surface area (Å²) in [5.74, 6) is 0.572. The first-order valence-corrected chi connectivity index (χ1v) is 9.91. The van der Waals surface area contributed by atoms with Gasteiger partial charge in [0.15, 0.2) is 11.5 Å². The van der Waals surface area contributed by atoms with Crippen LogP contribution in [0, 0.1) is 18.3 Å². The Balaban J connectivity index is 1.68. The molecule has 0 saturated heterocycles. The van der Waals surface area contributed by atoms with Gasteiger partial charge in [0.2, 0.25) is 0 Å². The van der Waals surface area contributed by atoms with Gasteiger partial charge in [-0.05, 0) is 48.7 Å². The van der Waals surface area contributed by atoms with Gasteiger partial charge in [-0.3, -0.25) is 4.79 Å². The smallest absolute Gasteiger partial charge is 0.347 e. The molecule has 2 aromatic rings. The second-order valence-electron chi connectivity index (χ2n) is 6.90. The molecule has 0 fully saturated rings. The number of urea groups is 1. The molecule has 0 bridgehead atoms. The molecule has 0 aromatic heterocycles. The summed E-state index contributed by atoms with van der Waals surface area (Å²) < 4.78 is 5.93. The highest BCUT2D eigenvalue weighted by atomic mass is 35.5. The van der Waals surface area contributed by atoms with Gasteiger partial charge in [-0.25, -0.2) is 4.79 Å². The molecule has 0 unspecified atom stereocenters. The van der Waals surface area contributed by atoms with Gasteiger partial charge in [0, 0.05) is 12.1 Å². The van der Waals surface area contributed by atoms with Crippen molar-refractivity contribution in [3.05, 3.63) is 63.3 Å². The average Bonchev–Trinajstić information content (AvgIpc) is 2.70. The Morgan fingerprint density at radius 3 is 2.61 bits per heavy atom. The zero-order chi connectivity index (χ0) is 22.3. The molecular weight excluding hydrogens is 441 g/mol. The van der Waals surface area contributed by atoms with Gasteiger partial charge < -0.3 is 15.4 Å². The van der Waals surface area contributed by atoms with E-state index in [1.54, 1.807) is 12.1 Å². The van der Waals surface area contributed by atoms with Crippen molar-refractivity contribution < 1.29 is 14.3 Å². The fourth-order valence-corrected chi connectivity index (χ4v) is 3.95. The Morgan fingerprint density at radius 1 is 1.23 bits per heavy atom. The number of ether oxygens (including phenoxy) is 1. The molecule has 156 valence electrons. The summed E-state index contributed by atoms with van der Waals surface area (Å²) >= 11 is 12.8. The van der Waals surface area contributed by atoms with E-state index in [4.69, 9.17) is 33.2 Å². The molecule has 0 saturated carbocycles. The van der Waals surface area contributed by atoms with Crippen molar-refractivity contribution in [3.63, 3.8) is 0 Å². The Hall–Kier alpha value is -3.54. The van der Waals surface area contributed by atoms with Gasteiger partial charge in [-0.15, -0.1) is 0 Å². The number of allylic oxidation sites excluding steroid dienone is 1. The number of carbonyl (C=O) groups excluding carboxylic acids is 2. The summed E-state index contributed by atoms with van der Waals surface area (Å²) in [6.45, 7) is 5.96. The van der Waals surface area contributed by atoms with Crippen LogP contribution in [0.15, 0.2) is 41.6 Å². The first kappa shape index (κ1) is 20.7. The van der Waals surface area contributed by atoms with Gasteiger partial charge >= 0.3 is 6.03 Å². The molecule has 2 aliphatic heterocycles. The molecule has 31 heavy (non-hydrogen) atoms. The number of nitriles is 1. The van der Waals surface area contributed by atoms with Crippen molar-refractivity contribution in [2.45, 2.75) is 13.3 Å². The molecule has 8 nitrogen and oxygen atoms in total. The number of aryl methyl sites for hydroxylation is 1. The quantitative estimate of drug-likeness (QED) is 0.718. The van der Waals surface area contributed by atoms with E-state index in [1.165, 1.54) is 12.1 Å². The normalized spacial score (nSPS) is 15.5. The molecule has 4 rings (SSSR count). The number of nitrogens with zero attached hydrogens (tertiary/aromatic N) is 3. The molecule has 2 aliphatic rings. The maximum absolute atomic E-state index is 12.3. The molecule has 0 aliphatic carbocycles. The minimum atomic E-state index is -0.603. The fraction of sp³-hybridized carbons (Fsp3) is 0.143. The van der Waals surface area contributed by atoms with Crippen LogP contribution in [0.4, 0.5) is 10.5 Å². The summed E-state index contributed by atoms with van der Waals surface area (Å²) in [5.41, 5.74) is 2.62. The maximum Gasteiger partial charge on any atom is 0.347 e. The molecule has 0 atom stereocenters. The lowest BCUT2D eigenvalue weighted by Crippen LogP contribution is -2.42. The number of hydrazone groups is 1. The first-order valence-electron chi connectivity index (χ1n) is 9.16. The summed E-state index contributed by atoms with van der Waals surface area (Å²) in [5, 5.41) is 19.6. The van der Waals surface area contributed by atoms with Crippen LogP contribution in [0.5, 0.6) is 11.5 Å². The van der Waals surface area contributed by atoms with Gasteiger partial charge in [-0.1, -0.05) is 29.8 Å². The van der Waals surface area contributed by atoms with E-state index < -0.39 is 6.03 Å². The van der Waals surface area contributed by atoms with Gasteiger partial charge in [-0.2, -0.15) is 15.4 Å². The molecular formula is C21H15Cl2N5O3. The molecule has 2 aromatic carbocycles. The van der Waals surface area contributed by atoms with E-state index in [-0.39, 0.29) is 38.8 Å². The summed E-state index contributed by atoms with van der Waals surface area (Å²) in [6, 6.07) is 7.68. The number of hydrogen-bond acceptors (Lipinski definition) is 5. The highest BCUT2D eigenvalue weighted by molar-refractivity contribution is 6.37. The van der Waals surface area contributed by atoms with E-state index in [0.29, 0.717) is 24.3 Å². The van der Waals surface area contributed by atoms with Crippen LogP contribution >= 0.6 is 23.2 Å². The van der Waals surface area contributed by atoms with Crippen LogP contribution in [0.1, 0.15) is 21.5 Å². The monoisotopic (exact) mass is 455 g/mol. The van der Waals surface area contributed by atoms with Crippen LogP contribution in [-0.4, -0.2) is 24.2 Å². The van der Waals surface area contributed by atoms with Gasteiger partial charge in [0.1, 0.15) is 11.8 Å². The third-order valence-electron chi connectivity index (χ3n) is 4.79. The van der Waals surface area contributed by atoms with Gasteiger partial charge in [0.05, 0.1) is 21.4 Å². The second kappa shape index (κ2) is 7.95. The van der Waals surface area contributed by atoms with Crippen molar-refractivity contribution in [2.24, 2.45) is 5.10 Å². The van der Waals surface area contributed by atoms with Crippen molar-refractivity contribution in [1.29, 1.82) is 5.26 Å². The van der Waals surface area contributed by atoms with E-state index >= 15 is 0 Å². The third-order valence-corrected chi connectivity index (χ3v) is 5.35. The Morgan fingerprint density at radius 2 is 1.94 bits per heavy atom. The Labute approximate surface area is 187 Å². The van der Waals surface area contributed by atoms with Crippen LogP contribution in [-0.2, 0) is 6.42 Å². The van der Waals surface area contributed by atoms with Crippen molar-refractivity contribution in [3.8, 4) is 17.6 Å². The first-order chi connectivity index (χ1) is 14.8. The molecule has 0 radical (unpaired) electrons. The fourth-order valence-electron chi connectivity index (χ4n) is 3.40. The van der Waals surface area contributed by atoms with E-state index in [0.717, 1.165) is 16.1 Å². The second-order valence-corrected chi connectivity index (χ2v) is 7.72. The highest BCUT2D eigenvalue weighted by Crippen LogP contribution is 2.41. The lowest BCUT2D eigenvalue weighted by molar-refractivity contribution is 0.0945. The largest absolute Gasteiger partial charge is 0.454 e.